The normalized spacial score (nSPS) is 11.0. The fourth-order valence-corrected chi connectivity index (χ4v) is 1.75. The van der Waals surface area contributed by atoms with Crippen molar-refractivity contribution < 1.29 is 14.3 Å². The molecule has 4 nitrogen and oxygen atoms in total. The van der Waals surface area contributed by atoms with Crippen molar-refractivity contribution in [3.05, 3.63) is 29.3 Å². The molecule has 0 aliphatic carbocycles. The lowest BCUT2D eigenvalue weighted by atomic mass is 9.85. The lowest BCUT2D eigenvalue weighted by Crippen LogP contribution is -2.22. The summed E-state index contributed by atoms with van der Waals surface area (Å²) in [7, 11) is 0. The molecule has 0 heterocycles. The quantitative estimate of drug-likeness (QED) is 0.470. The van der Waals surface area contributed by atoms with Crippen molar-refractivity contribution in [2.24, 2.45) is 5.92 Å². The van der Waals surface area contributed by atoms with Gasteiger partial charge in [-0.25, -0.2) is 0 Å². The largest absolute Gasteiger partial charge is 0.426 e. The van der Waals surface area contributed by atoms with Gasteiger partial charge in [-0.05, 0) is 38.0 Å². The molecule has 0 unspecified atom stereocenters. The number of hydrogen-bond acceptors (Lipinski definition) is 4. The van der Waals surface area contributed by atoms with Gasteiger partial charge in [-0.15, -0.1) is 0 Å². The van der Waals surface area contributed by atoms with Gasteiger partial charge in [-0.3, -0.25) is 4.79 Å². The number of benzene rings is 1. The zero-order valence-electron chi connectivity index (χ0n) is 12.3. The van der Waals surface area contributed by atoms with Crippen LogP contribution < -0.4 is 4.74 Å². The molecule has 0 spiro atoms. The van der Waals surface area contributed by atoms with E-state index in [1.807, 2.05) is 19.9 Å². The zero-order valence-corrected chi connectivity index (χ0v) is 12.3. The van der Waals surface area contributed by atoms with Gasteiger partial charge in [0.25, 0.3) is 0 Å². The van der Waals surface area contributed by atoms with Crippen molar-refractivity contribution in [1.29, 1.82) is 5.26 Å². The SMILES string of the molecule is CC(C)CC(=O)Oc1ccc(C#N)cc1C(C)(C)C=O. The topological polar surface area (TPSA) is 67.2 Å². The van der Waals surface area contributed by atoms with Crippen molar-refractivity contribution in [2.75, 3.05) is 0 Å². The molecular weight excluding hydrogens is 254 g/mol. The monoisotopic (exact) mass is 273 g/mol. The van der Waals surface area contributed by atoms with Gasteiger partial charge >= 0.3 is 5.97 Å². The van der Waals surface area contributed by atoms with Gasteiger partial charge in [0.15, 0.2) is 0 Å². The van der Waals surface area contributed by atoms with Crippen LogP contribution in [-0.2, 0) is 15.0 Å². The number of rotatable bonds is 5. The predicted octanol–water partition coefficient (Wildman–Crippen LogP) is 2.99. The lowest BCUT2D eigenvalue weighted by molar-refractivity contribution is -0.135. The molecule has 0 aromatic heterocycles. The van der Waals surface area contributed by atoms with E-state index in [2.05, 4.69) is 0 Å². The predicted molar refractivity (Wildman–Crippen MR) is 75.3 cm³/mol. The number of carbonyl (C=O) groups is 2. The van der Waals surface area contributed by atoms with Gasteiger partial charge in [0.1, 0.15) is 12.0 Å². The molecule has 106 valence electrons. The summed E-state index contributed by atoms with van der Waals surface area (Å²) >= 11 is 0. The third-order valence-electron chi connectivity index (χ3n) is 2.90. The van der Waals surface area contributed by atoms with Gasteiger partial charge < -0.3 is 9.53 Å². The van der Waals surface area contributed by atoms with Crippen LogP contribution in [0, 0.1) is 17.2 Å². The first kappa shape index (κ1) is 15.9. The maximum absolute atomic E-state index is 11.8. The summed E-state index contributed by atoms with van der Waals surface area (Å²) in [4.78, 5) is 23.0. The van der Waals surface area contributed by atoms with Crippen molar-refractivity contribution >= 4 is 12.3 Å². The average Bonchev–Trinajstić information content (AvgIpc) is 2.38. The van der Waals surface area contributed by atoms with Crippen LogP contribution in [0.5, 0.6) is 5.75 Å². The molecule has 1 aromatic rings. The van der Waals surface area contributed by atoms with Crippen LogP contribution in [0.4, 0.5) is 0 Å². The second-order valence-electron chi connectivity index (χ2n) is 5.73. The Kier molecular flexibility index (Phi) is 5.04. The van der Waals surface area contributed by atoms with E-state index in [0.717, 1.165) is 6.29 Å². The maximum Gasteiger partial charge on any atom is 0.311 e. The molecule has 0 saturated heterocycles. The molecule has 1 rings (SSSR count). The van der Waals surface area contributed by atoms with Crippen molar-refractivity contribution in [3.8, 4) is 11.8 Å². The highest BCUT2D eigenvalue weighted by Crippen LogP contribution is 2.31. The maximum atomic E-state index is 11.8. The molecule has 20 heavy (non-hydrogen) atoms. The highest BCUT2D eigenvalue weighted by atomic mass is 16.5. The summed E-state index contributed by atoms with van der Waals surface area (Å²) in [6, 6.07) is 6.75. The van der Waals surface area contributed by atoms with Crippen LogP contribution in [0.25, 0.3) is 0 Å². The van der Waals surface area contributed by atoms with E-state index in [0.29, 0.717) is 23.3 Å². The number of nitrogens with zero attached hydrogens (tertiary/aromatic N) is 1. The number of esters is 1. The second kappa shape index (κ2) is 6.33. The van der Waals surface area contributed by atoms with Gasteiger partial charge in [0.05, 0.1) is 11.6 Å². The number of ether oxygens (including phenoxy) is 1. The molecular formula is C16H19NO3. The Bertz CT molecular complexity index is 553. The summed E-state index contributed by atoms with van der Waals surface area (Å²) in [6.07, 6.45) is 1.09. The van der Waals surface area contributed by atoms with Crippen molar-refractivity contribution in [2.45, 2.75) is 39.5 Å². The highest BCUT2D eigenvalue weighted by molar-refractivity contribution is 5.75. The molecule has 0 N–H and O–H groups in total. The number of nitriles is 1. The second-order valence-corrected chi connectivity index (χ2v) is 5.73. The van der Waals surface area contributed by atoms with Gasteiger partial charge in [0, 0.05) is 17.4 Å². The Hall–Kier alpha value is -2.15. The summed E-state index contributed by atoms with van der Waals surface area (Å²) in [6.45, 7) is 7.29. The van der Waals surface area contributed by atoms with Crippen LogP contribution in [-0.4, -0.2) is 12.3 Å². The molecule has 0 amide bonds. The van der Waals surface area contributed by atoms with Crippen molar-refractivity contribution in [1.82, 2.24) is 0 Å². The third-order valence-corrected chi connectivity index (χ3v) is 2.90. The first-order chi connectivity index (χ1) is 9.30. The lowest BCUT2D eigenvalue weighted by Gasteiger charge is -2.21. The molecule has 0 atom stereocenters. The first-order valence-electron chi connectivity index (χ1n) is 6.51. The van der Waals surface area contributed by atoms with E-state index in [1.165, 1.54) is 0 Å². The van der Waals surface area contributed by atoms with Gasteiger partial charge in [-0.1, -0.05) is 13.8 Å². The van der Waals surface area contributed by atoms with E-state index < -0.39 is 5.41 Å². The fraction of sp³-hybridized carbons (Fsp3) is 0.438. The molecule has 1 aromatic carbocycles. The molecule has 0 aliphatic rings. The molecule has 4 heteroatoms. The van der Waals surface area contributed by atoms with Gasteiger partial charge in [0.2, 0.25) is 0 Å². The summed E-state index contributed by atoms with van der Waals surface area (Å²) < 4.78 is 5.34. The smallest absolute Gasteiger partial charge is 0.311 e. The van der Waals surface area contributed by atoms with E-state index in [9.17, 15) is 9.59 Å². The van der Waals surface area contributed by atoms with E-state index in [4.69, 9.17) is 10.00 Å². The molecule has 0 aliphatic heterocycles. The van der Waals surface area contributed by atoms with E-state index in [1.54, 1.807) is 32.0 Å². The Labute approximate surface area is 119 Å². The molecule has 0 saturated carbocycles. The molecule has 0 fully saturated rings. The summed E-state index contributed by atoms with van der Waals surface area (Å²) in [5.74, 6) is 0.197. The van der Waals surface area contributed by atoms with Crippen LogP contribution in [0.2, 0.25) is 0 Å². The number of carbonyl (C=O) groups excluding carboxylic acids is 2. The number of hydrogen-bond donors (Lipinski definition) is 0. The summed E-state index contributed by atoms with van der Waals surface area (Å²) in [5.41, 5.74) is 0.155. The van der Waals surface area contributed by atoms with Crippen LogP contribution in [0.15, 0.2) is 18.2 Å². The molecule has 0 radical (unpaired) electrons. The Morgan fingerprint density at radius 3 is 2.60 bits per heavy atom. The Morgan fingerprint density at radius 1 is 1.45 bits per heavy atom. The fourth-order valence-electron chi connectivity index (χ4n) is 1.75. The minimum Gasteiger partial charge on any atom is -0.426 e. The summed E-state index contributed by atoms with van der Waals surface area (Å²) in [5, 5.41) is 8.95. The van der Waals surface area contributed by atoms with Crippen LogP contribution in [0.1, 0.15) is 45.2 Å². The van der Waals surface area contributed by atoms with Crippen LogP contribution >= 0.6 is 0 Å². The average molecular weight is 273 g/mol. The minimum atomic E-state index is -0.819. The first-order valence-corrected chi connectivity index (χ1v) is 6.51. The van der Waals surface area contributed by atoms with E-state index in [-0.39, 0.29) is 11.9 Å². The van der Waals surface area contributed by atoms with Crippen LogP contribution in [0.3, 0.4) is 0 Å². The van der Waals surface area contributed by atoms with Crippen molar-refractivity contribution in [3.63, 3.8) is 0 Å². The zero-order chi connectivity index (χ0) is 15.3. The standard InChI is InChI=1S/C16H19NO3/c1-11(2)7-15(19)20-14-6-5-12(9-17)8-13(14)16(3,4)10-18/h5-6,8,10-11H,7H2,1-4H3. The Balaban J connectivity index is 3.16. The minimum absolute atomic E-state index is 0.198. The third kappa shape index (κ3) is 3.92. The Morgan fingerprint density at radius 2 is 2.10 bits per heavy atom. The van der Waals surface area contributed by atoms with Gasteiger partial charge in [-0.2, -0.15) is 5.26 Å². The van der Waals surface area contributed by atoms with E-state index >= 15 is 0 Å². The highest BCUT2D eigenvalue weighted by Gasteiger charge is 2.25. The molecule has 0 bridgehead atoms. The number of aldehydes is 1.